The van der Waals surface area contributed by atoms with E-state index in [0.29, 0.717) is 17.8 Å². The van der Waals surface area contributed by atoms with Crippen LogP contribution in [0.4, 0.5) is 10.5 Å². The Labute approximate surface area is 153 Å². The number of rotatable bonds is 4. The summed E-state index contributed by atoms with van der Waals surface area (Å²) in [6, 6.07) is 17.0. The fourth-order valence-corrected chi connectivity index (χ4v) is 3.27. The zero-order valence-corrected chi connectivity index (χ0v) is 14.9. The van der Waals surface area contributed by atoms with E-state index in [2.05, 4.69) is 29.3 Å². The SMILES string of the molecule is C[C@@H]1CN(Cc2ccccc2)CCN1C(=O)Nc1cccc(C(N)=O)c1. The molecular formula is C20H24N4O2. The van der Waals surface area contributed by atoms with Crippen molar-refractivity contribution in [1.82, 2.24) is 9.80 Å². The lowest BCUT2D eigenvalue weighted by Crippen LogP contribution is -2.54. The summed E-state index contributed by atoms with van der Waals surface area (Å²) >= 11 is 0. The number of hydrogen-bond donors (Lipinski definition) is 2. The molecule has 0 aliphatic carbocycles. The van der Waals surface area contributed by atoms with E-state index >= 15 is 0 Å². The Morgan fingerprint density at radius 3 is 2.58 bits per heavy atom. The molecule has 0 aromatic heterocycles. The number of carbonyl (C=O) groups excluding carboxylic acids is 2. The molecule has 0 radical (unpaired) electrons. The van der Waals surface area contributed by atoms with Crippen LogP contribution in [0.25, 0.3) is 0 Å². The summed E-state index contributed by atoms with van der Waals surface area (Å²) in [5.41, 5.74) is 7.52. The number of benzene rings is 2. The standard InChI is InChI=1S/C20H24N4O2/c1-15-13-23(14-16-6-3-2-4-7-16)10-11-24(15)20(26)22-18-9-5-8-17(12-18)19(21)25/h2-9,12,15H,10-11,13-14H2,1H3,(H2,21,25)(H,22,26)/t15-/m1/s1. The summed E-state index contributed by atoms with van der Waals surface area (Å²) in [6.07, 6.45) is 0. The van der Waals surface area contributed by atoms with E-state index in [9.17, 15) is 9.59 Å². The highest BCUT2D eigenvalue weighted by molar-refractivity contribution is 5.96. The van der Waals surface area contributed by atoms with Gasteiger partial charge >= 0.3 is 6.03 Å². The highest BCUT2D eigenvalue weighted by Gasteiger charge is 2.27. The molecule has 2 aromatic rings. The van der Waals surface area contributed by atoms with E-state index in [1.54, 1.807) is 24.3 Å². The first-order chi connectivity index (χ1) is 12.5. The van der Waals surface area contributed by atoms with Gasteiger partial charge in [-0.2, -0.15) is 0 Å². The molecule has 3 N–H and O–H groups in total. The Kier molecular flexibility index (Phi) is 5.53. The summed E-state index contributed by atoms with van der Waals surface area (Å²) in [4.78, 5) is 28.1. The quantitative estimate of drug-likeness (QED) is 0.887. The van der Waals surface area contributed by atoms with Gasteiger partial charge in [-0.1, -0.05) is 36.4 Å². The molecule has 1 aliphatic heterocycles. The third-order valence-corrected chi connectivity index (χ3v) is 4.62. The van der Waals surface area contributed by atoms with Crippen molar-refractivity contribution < 1.29 is 9.59 Å². The lowest BCUT2D eigenvalue weighted by Gasteiger charge is -2.39. The monoisotopic (exact) mass is 352 g/mol. The van der Waals surface area contributed by atoms with Crippen LogP contribution in [-0.2, 0) is 6.54 Å². The molecule has 1 fully saturated rings. The Morgan fingerprint density at radius 2 is 1.88 bits per heavy atom. The van der Waals surface area contributed by atoms with E-state index in [0.717, 1.165) is 19.6 Å². The molecule has 1 atom stereocenters. The molecular weight excluding hydrogens is 328 g/mol. The van der Waals surface area contributed by atoms with Gasteiger partial charge in [-0.25, -0.2) is 4.79 Å². The molecule has 0 spiro atoms. The van der Waals surface area contributed by atoms with Gasteiger partial charge in [-0.15, -0.1) is 0 Å². The van der Waals surface area contributed by atoms with Crippen LogP contribution in [-0.4, -0.2) is 47.4 Å². The number of nitrogens with zero attached hydrogens (tertiary/aromatic N) is 2. The van der Waals surface area contributed by atoms with Crippen molar-refractivity contribution in [3.05, 3.63) is 65.7 Å². The summed E-state index contributed by atoms with van der Waals surface area (Å²) in [6.45, 7) is 5.25. The minimum atomic E-state index is -0.510. The Hall–Kier alpha value is -2.86. The summed E-state index contributed by atoms with van der Waals surface area (Å²) < 4.78 is 0. The minimum Gasteiger partial charge on any atom is -0.366 e. The maximum Gasteiger partial charge on any atom is 0.322 e. The highest BCUT2D eigenvalue weighted by Crippen LogP contribution is 2.16. The number of nitrogens with one attached hydrogen (secondary N) is 1. The third kappa shape index (κ3) is 4.40. The third-order valence-electron chi connectivity index (χ3n) is 4.62. The first kappa shape index (κ1) is 17.9. The molecule has 0 saturated carbocycles. The van der Waals surface area contributed by atoms with E-state index in [1.807, 2.05) is 23.1 Å². The topological polar surface area (TPSA) is 78.7 Å². The predicted molar refractivity (Wildman–Crippen MR) is 102 cm³/mol. The molecule has 3 amide bonds. The van der Waals surface area contributed by atoms with Gasteiger partial charge in [-0.3, -0.25) is 9.69 Å². The molecule has 6 nitrogen and oxygen atoms in total. The van der Waals surface area contributed by atoms with Gasteiger partial charge in [0.2, 0.25) is 5.91 Å². The Morgan fingerprint density at radius 1 is 1.12 bits per heavy atom. The van der Waals surface area contributed by atoms with Gasteiger partial charge in [0, 0.05) is 43.5 Å². The molecule has 136 valence electrons. The van der Waals surface area contributed by atoms with Gasteiger partial charge in [-0.05, 0) is 30.7 Å². The fraction of sp³-hybridized carbons (Fsp3) is 0.300. The second-order valence-electron chi connectivity index (χ2n) is 6.64. The maximum atomic E-state index is 12.6. The van der Waals surface area contributed by atoms with Crippen molar-refractivity contribution in [2.75, 3.05) is 25.0 Å². The van der Waals surface area contributed by atoms with Crippen LogP contribution >= 0.6 is 0 Å². The zero-order chi connectivity index (χ0) is 18.5. The number of carbonyl (C=O) groups is 2. The molecule has 6 heteroatoms. The molecule has 3 rings (SSSR count). The first-order valence-corrected chi connectivity index (χ1v) is 8.76. The molecule has 2 aromatic carbocycles. The molecule has 1 saturated heterocycles. The molecule has 0 unspecified atom stereocenters. The van der Waals surface area contributed by atoms with Crippen molar-refractivity contribution in [2.45, 2.75) is 19.5 Å². The molecule has 1 heterocycles. The second kappa shape index (κ2) is 8.01. The van der Waals surface area contributed by atoms with Gasteiger partial charge in [0.25, 0.3) is 0 Å². The smallest absolute Gasteiger partial charge is 0.322 e. The largest absolute Gasteiger partial charge is 0.366 e. The van der Waals surface area contributed by atoms with Gasteiger partial charge in [0.15, 0.2) is 0 Å². The first-order valence-electron chi connectivity index (χ1n) is 8.76. The van der Waals surface area contributed by atoms with Gasteiger partial charge < -0.3 is 16.0 Å². The Balaban J connectivity index is 1.58. The van der Waals surface area contributed by atoms with Crippen LogP contribution in [0.2, 0.25) is 0 Å². The van der Waals surface area contributed by atoms with Gasteiger partial charge in [0.05, 0.1) is 0 Å². The van der Waals surface area contributed by atoms with Crippen LogP contribution in [0.5, 0.6) is 0 Å². The fourth-order valence-electron chi connectivity index (χ4n) is 3.27. The number of hydrogen-bond acceptors (Lipinski definition) is 3. The number of primary amides is 1. The normalized spacial score (nSPS) is 17.7. The molecule has 1 aliphatic rings. The number of piperazine rings is 1. The highest BCUT2D eigenvalue weighted by atomic mass is 16.2. The summed E-state index contributed by atoms with van der Waals surface area (Å²) in [7, 11) is 0. The van der Waals surface area contributed by atoms with Crippen LogP contribution in [0.3, 0.4) is 0 Å². The predicted octanol–water partition coefficient (Wildman–Crippen LogP) is 2.52. The average Bonchev–Trinajstić information content (AvgIpc) is 2.63. The van der Waals surface area contributed by atoms with Crippen molar-refractivity contribution in [1.29, 1.82) is 0 Å². The summed E-state index contributed by atoms with van der Waals surface area (Å²) in [5, 5.41) is 2.86. The molecule has 26 heavy (non-hydrogen) atoms. The minimum absolute atomic E-state index is 0.104. The van der Waals surface area contributed by atoms with Crippen molar-refractivity contribution in [3.63, 3.8) is 0 Å². The van der Waals surface area contributed by atoms with Crippen LogP contribution in [0.1, 0.15) is 22.8 Å². The van der Waals surface area contributed by atoms with E-state index in [4.69, 9.17) is 5.73 Å². The van der Waals surface area contributed by atoms with E-state index < -0.39 is 5.91 Å². The molecule has 0 bridgehead atoms. The van der Waals surface area contributed by atoms with Crippen LogP contribution < -0.4 is 11.1 Å². The van der Waals surface area contributed by atoms with E-state index in [1.165, 1.54) is 5.56 Å². The second-order valence-corrected chi connectivity index (χ2v) is 6.64. The zero-order valence-electron chi connectivity index (χ0n) is 14.9. The summed E-state index contributed by atoms with van der Waals surface area (Å²) in [5.74, 6) is -0.510. The number of urea groups is 1. The lowest BCUT2D eigenvalue weighted by atomic mass is 10.1. The average molecular weight is 352 g/mol. The van der Waals surface area contributed by atoms with Crippen LogP contribution in [0, 0.1) is 0 Å². The lowest BCUT2D eigenvalue weighted by molar-refractivity contribution is 0.0999. The van der Waals surface area contributed by atoms with Crippen molar-refractivity contribution >= 4 is 17.6 Å². The van der Waals surface area contributed by atoms with Crippen LogP contribution in [0.15, 0.2) is 54.6 Å². The van der Waals surface area contributed by atoms with Gasteiger partial charge in [0.1, 0.15) is 0 Å². The Bertz CT molecular complexity index is 778. The van der Waals surface area contributed by atoms with Crippen molar-refractivity contribution in [2.24, 2.45) is 5.73 Å². The van der Waals surface area contributed by atoms with E-state index in [-0.39, 0.29) is 12.1 Å². The number of anilines is 1. The number of nitrogens with two attached hydrogens (primary N) is 1. The maximum absolute atomic E-state index is 12.6. The van der Waals surface area contributed by atoms with Crippen molar-refractivity contribution in [3.8, 4) is 0 Å². The number of amides is 3.